The maximum Gasteiger partial charge on any atom is 0.251 e. The van der Waals surface area contributed by atoms with Crippen molar-refractivity contribution in [3.63, 3.8) is 0 Å². The number of carbonyl (C=O) groups is 1. The van der Waals surface area contributed by atoms with Crippen molar-refractivity contribution in [2.24, 2.45) is 11.8 Å². The molecule has 1 aliphatic carbocycles. The van der Waals surface area contributed by atoms with E-state index >= 15 is 0 Å². The fraction of sp³-hybridized carbons (Fsp3) is 0.533. The van der Waals surface area contributed by atoms with Crippen LogP contribution in [-0.2, 0) is 0 Å². The third-order valence-corrected chi connectivity index (χ3v) is 4.85. The minimum Gasteiger partial charge on any atom is -0.352 e. The monoisotopic (exact) mass is 309 g/mol. The van der Waals surface area contributed by atoms with Crippen LogP contribution in [0.2, 0.25) is 0 Å². The molecule has 1 fully saturated rings. The Hall–Kier alpha value is -0.830. The van der Waals surface area contributed by atoms with Gasteiger partial charge in [-0.15, -0.1) is 0 Å². The molecule has 1 saturated carbocycles. The Morgan fingerprint density at radius 3 is 2.83 bits per heavy atom. The Balaban J connectivity index is 1.93. The van der Waals surface area contributed by atoms with E-state index in [-0.39, 0.29) is 5.91 Å². The number of hydrogen-bond acceptors (Lipinski definition) is 1. The molecular formula is C15H20BrNO. The molecule has 1 amide bonds. The fourth-order valence-electron chi connectivity index (χ4n) is 2.59. The van der Waals surface area contributed by atoms with Gasteiger partial charge in [0.25, 0.3) is 5.91 Å². The number of rotatable bonds is 3. The quantitative estimate of drug-likeness (QED) is 0.900. The van der Waals surface area contributed by atoms with Crippen LogP contribution in [0, 0.1) is 18.8 Å². The molecule has 0 aliphatic heterocycles. The van der Waals surface area contributed by atoms with E-state index in [0.717, 1.165) is 28.1 Å². The van der Waals surface area contributed by atoms with Crippen molar-refractivity contribution in [3.05, 3.63) is 33.8 Å². The third kappa shape index (κ3) is 3.14. The molecule has 0 bridgehead atoms. The van der Waals surface area contributed by atoms with E-state index in [4.69, 9.17) is 0 Å². The lowest BCUT2D eigenvalue weighted by molar-refractivity contribution is 0.0944. The first-order valence-electron chi connectivity index (χ1n) is 6.62. The number of halogens is 1. The first kappa shape index (κ1) is 13.6. The van der Waals surface area contributed by atoms with Crippen LogP contribution in [0.3, 0.4) is 0 Å². The molecule has 1 aromatic rings. The molecule has 2 rings (SSSR count). The molecule has 0 aromatic heterocycles. The molecule has 3 heteroatoms. The van der Waals surface area contributed by atoms with E-state index in [9.17, 15) is 4.79 Å². The Bertz CT molecular complexity index is 444. The van der Waals surface area contributed by atoms with Crippen LogP contribution in [0.15, 0.2) is 22.7 Å². The SMILES string of the molecule is Cc1ccc(C(=O)NCC2CCCC2C)cc1Br. The molecule has 0 saturated heterocycles. The van der Waals surface area contributed by atoms with Crippen LogP contribution >= 0.6 is 15.9 Å². The van der Waals surface area contributed by atoms with Gasteiger partial charge in [0.2, 0.25) is 0 Å². The highest BCUT2D eigenvalue weighted by molar-refractivity contribution is 9.10. The van der Waals surface area contributed by atoms with Crippen molar-refractivity contribution in [1.82, 2.24) is 5.32 Å². The third-order valence-electron chi connectivity index (χ3n) is 4.00. The van der Waals surface area contributed by atoms with E-state index in [1.54, 1.807) is 0 Å². The zero-order chi connectivity index (χ0) is 13.1. The number of amides is 1. The van der Waals surface area contributed by atoms with Crippen molar-refractivity contribution < 1.29 is 4.79 Å². The topological polar surface area (TPSA) is 29.1 Å². The summed E-state index contributed by atoms with van der Waals surface area (Å²) in [6.45, 7) is 5.11. The lowest BCUT2D eigenvalue weighted by Crippen LogP contribution is -2.30. The lowest BCUT2D eigenvalue weighted by atomic mass is 9.98. The average molecular weight is 310 g/mol. The van der Waals surface area contributed by atoms with Crippen LogP contribution in [0.5, 0.6) is 0 Å². The number of carbonyl (C=O) groups excluding carboxylic acids is 1. The maximum absolute atomic E-state index is 12.0. The number of hydrogen-bond donors (Lipinski definition) is 1. The molecular weight excluding hydrogens is 290 g/mol. The smallest absolute Gasteiger partial charge is 0.251 e. The van der Waals surface area contributed by atoms with Gasteiger partial charge in [-0.3, -0.25) is 4.79 Å². The molecule has 2 atom stereocenters. The predicted octanol–water partition coefficient (Wildman–Crippen LogP) is 3.92. The van der Waals surface area contributed by atoms with Crippen LogP contribution < -0.4 is 5.32 Å². The Morgan fingerprint density at radius 1 is 1.44 bits per heavy atom. The number of aryl methyl sites for hydroxylation is 1. The van der Waals surface area contributed by atoms with E-state index in [0.29, 0.717) is 5.92 Å². The largest absolute Gasteiger partial charge is 0.352 e. The highest BCUT2D eigenvalue weighted by Crippen LogP contribution is 2.30. The lowest BCUT2D eigenvalue weighted by Gasteiger charge is -2.16. The Morgan fingerprint density at radius 2 is 2.22 bits per heavy atom. The standard InChI is InChI=1S/C15H20BrNO/c1-10-4-3-5-13(10)9-17-15(18)12-7-6-11(2)14(16)8-12/h6-8,10,13H,3-5,9H2,1-2H3,(H,17,18). The summed E-state index contributed by atoms with van der Waals surface area (Å²) in [7, 11) is 0. The molecule has 1 aromatic carbocycles. The first-order valence-corrected chi connectivity index (χ1v) is 7.41. The molecule has 2 unspecified atom stereocenters. The van der Waals surface area contributed by atoms with Crippen LogP contribution in [0.25, 0.3) is 0 Å². The highest BCUT2D eigenvalue weighted by Gasteiger charge is 2.23. The van der Waals surface area contributed by atoms with Gasteiger partial charge in [-0.2, -0.15) is 0 Å². The highest BCUT2D eigenvalue weighted by atomic mass is 79.9. The van der Waals surface area contributed by atoms with Gasteiger partial charge in [-0.25, -0.2) is 0 Å². The van der Waals surface area contributed by atoms with Crippen LogP contribution in [-0.4, -0.2) is 12.5 Å². The van der Waals surface area contributed by atoms with Crippen molar-refractivity contribution in [2.45, 2.75) is 33.1 Å². The summed E-state index contributed by atoms with van der Waals surface area (Å²) in [5.74, 6) is 1.44. The molecule has 0 radical (unpaired) electrons. The van der Waals surface area contributed by atoms with Gasteiger partial charge in [-0.05, 0) is 42.9 Å². The second-order valence-corrected chi connectivity index (χ2v) is 6.20. The average Bonchev–Trinajstić information content (AvgIpc) is 2.75. The fourth-order valence-corrected chi connectivity index (χ4v) is 2.96. The normalized spacial score (nSPS) is 23.1. The Labute approximate surface area is 117 Å². The summed E-state index contributed by atoms with van der Waals surface area (Å²) in [6, 6.07) is 5.74. The van der Waals surface area contributed by atoms with Gasteiger partial charge in [-0.1, -0.05) is 41.8 Å². The van der Waals surface area contributed by atoms with E-state index in [1.807, 2.05) is 25.1 Å². The molecule has 18 heavy (non-hydrogen) atoms. The molecule has 2 nitrogen and oxygen atoms in total. The van der Waals surface area contributed by atoms with Gasteiger partial charge in [0.1, 0.15) is 0 Å². The van der Waals surface area contributed by atoms with Gasteiger partial charge in [0.15, 0.2) is 0 Å². The zero-order valence-corrected chi connectivity index (χ0v) is 12.6. The molecule has 1 aliphatic rings. The zero-order valence-electron chi connectivity index (χ0n) is 11.0. The minimum atomic E-state index is 0.0369. The summed E-state index contributed by atoms with van der Waals surface area (Å²) in [4.78, 5) is 12.0. The van der Waals surface area contributed by atoms with Gasteiger partial charge >= 0.3 is 0 Å². The van der Waals surface area contributed by atoms with Crippen molar-refractivity contribution >= 4 is 21.8 Å². The van der Waals surface area contributed by atoms with Gasteiger partial charge in [0.05, 0.1) is 0 Å². The van der Waals surface area contributed by atoms with Crippen molar-refractivity contribution in [1.29, 1.82) is 0 Å². The summed E-state index contributed by atoms with van der Waals surface area (Å²) < 4.78 is 0.990. The summed E-state index contributed by atoms with van der Waals surface area (Å²) >= 11 is 3.46. The van der Waals surface area contributed by atoms with Crippen LogP contribution in [0.4, 0.5) is 0 Å². The minimum absolute atomic E-state index is 0.0369. The number of nitrogens with one attached hydrogen (secondary N) is 1. The van der Waals surface area contributed by atoms with Gasteiger partial charge in [0, 0.05) is 16.6 Å². The number of benzene rings is 1. The summed E-state index contributed by atoms with van der Waals surface area (Å²) in [5, 5.41) is 3.06. The molecule has 1 N–H and O–H groups in total. The van der Waals surface area contributed by atoms with Crippen molar-refractivity contribution in [3.8, 4) is 0 Å². The summed E-state index contributed by atoms with van der Waals surface area (Å²) in [6.07, 6.45) is 3.85. The summed E-state index contributed by atoms with van der Waals surface area (Å²) in [5.41, 5.74) is 1.88. The second-order valence-electron chi connectivity index (χ2n) is 5.34. The van der Waals surface area contributed by atoms with Crippen molar-refractivity contribution in [2.75, 3.05) is 6.54 Å². The van der Waals surface area contributed by atoms with Crippen LogP contribution in [0.1, 0.15) is 42.1 Å². The van der Waals surface area contributed by atoms with E-state index in [1.165, 1.54) is 19.3 Å². The van der Waals surface area contributed by atoms with Gasteiger partial charge < -0.3 is 5.32 Å². The molecule has 98 valence electrons. The second kappa shape index (κ2) is 5.87. The molecule has 0 heterocycles. The maximum atomic E-state index is 12.0. The van der Waals surface area contributed by atoms with E-state index in [2.05, 4.69) is 28.2 Å². The Kier molecular flexibility index (Phi) is 4.44. The first-order chi connectivity index (χ1) is 8.58. The van der Waals surface area contributed by atoms with E-state index < -0.39 is 0 Å². The molecule has 0 spiro atoms. The predicted molar refractivity (Wildman–Crippen MR) is 77.7 cm³/mol.